The van der Waals surface area contributed by atoms with Crippen molar-refractivity contribution in [3.8, 4) is 22.3 Å². The maximum atomic E-state index is 2.24. The fourth-order valence-electron chi connectivity index (χ4n) is 3.70. The minimum absolute atomic E-state index is 1.06. The average Bonchev–Trinajstić information content (AvgIpc) is 2.85. The van der Waals surface area contributed by atoms with Crippen LogP contribution in [0, 0.1) is 0 Å². The molecule has 0 saturated heterocycles. The third-order valence-electron chi connectivity index (χ3n) is 5.39. The van der Waals surface area contributed by atoms with Gasteiger partial charge in [0.25, 0.3) is 0 Å². The molecule has 0 bridgehead atoms. The summed E-state index contributed by atoms with van der Waals surface area (Å²) in [6.07, 6.45) is 2.12. The highest BCUT2D eigenvalue weighted by atomic mass is 33.5. The lowest BCUT2D eigenvalue weighted by molar-refractivity contribution is 1.14. The predicted molar refractivity (Wildman–Crippen MR) is 142 cm³/mol. The molecular weight excluding hydrogens is 433 g/mol. The second kappa shape index (κ2) is 11.0. The fourth-order valence-corrected chi connectivity index (χ4v) is 7.34. The van der Waals surface area contributed by atoms with Crippen molar-refractivity contribution in [2.24, 2.45) is 0 Å². The van der Waals surface area contributed by atoms with E-state index in [1.165, 1.54) is 43.2 Å². The number of hydrogen-bond donors (Lipinski definition) is 0. The molecule has 0 heterocycles. The molecule has 0 radical (unpaired) electrons. The summed E-state index contributed by atoms with van der Waals surface area (Å²) in [6.45, 7) is 4.43. The summed E-state index contributed by atoms with van der Waals surface area (Å²) in [4.78, 5) is 2.56. The summed E-state index contributed by atoms with van der Waals surface area (Å²) in [5, 5.41) is 0. The van der Waals surface area contributed by atoms with E-state index in [1.54, 1.807) is 0 Å². The molecule has 0 spiro atoms. The summed E-state index contributed by atoms with van der Waals surface area (Å²) < 4.78 is 0. The van der Waals surface area contributed by atoms with Crippen LogP contribution in [0.4, 0.5) is 0 Å². The Balaban J connectivity index is 1.35. The molecule has 0 unspecified atom stereocenters. The van der Waals surface area contributed by atoms with Gasteiger partial charge in [-0.2, -0.15) is 0 Å². The highest BCUT2D eigenvalue weighted by molar-refractivity contribution is 9.09. The van der Waals surface area contributed by atoms with E-state index in [1.807, 2.05) is 31.4 Å². The van der Waals surface area contributed by atoms with Gasteiger partial charge in [-0.1, -0.05) is 86.6 Å². The maximum absolute atomic E-state index is 2.24. The molecule has 0 fully saturated rings. The van der Waals surface area contributed by atoms with Crippen molar-refractivity contribution in [2.75, 3.05) is 0 Å². The zero-order chi connectivity index (χ0) is 21.5. The maximum Gasteiger partial charge on any atom is 0.0191 e. The third-order valence-corrected chi connectivity index (χ3v) is 9.24. The van der Waals surface area contributed by atoms with Crippen LogP contribution in [0.2, 0.25) is 0 Å². The summed E-state index contributed by atoms with van der Waals surface area (Å²) in [5.74, 6) is 0. The van der Waals surface area contributed by atoms with Gasteiger partial charge in [-0.25, -0.2) is 0 Å². The van der Waals surface area contributed by atoms with Gasteiger partial charge < -0.3 is 0 Å². The molecule has 0 amide bonds. The first kappa shape index (κ1) is 22.1. The van der Waals surface area contributed by atoms with E-state index in [0.717, 1.165) is 12.8 Å². The Morgan fingerprint density at radius 3 is 1.26 bits per heavy atom. The quantitative estimate of drug-likeness (QED) is 0.241. The molecule has 0 aromatic heterocycles. The molecule has 0 aliphatic rings. The second-order valence-corrected chi connectivity index (χ2v) is 11.4. The molecule has 0 nitrogen and oxygen atoms in total. The monoisotopic (exact) mass is 458 g/mol. The number of benzene rings is 4. The van der Waals surface area contributed by atoms with Gasteiger partial charge in [-0.15, -0.1) is 0 Å². The Bertz CT molecular complexity index is 1020. The van der Waals surface area contributed by atoms with Gasteiger partial charge in [0.1, 0.15) is 0 Å². The topological polar surface area (TPSA) is 0 Å². The van der Waals surface area contributed by atoms with Crippen molar-refractivity contribution in [3.05, 3.63) is 108 Å². The van der Waals surface area contributed by atoms with Gasteiger partial charge in [0.2, 0.25) is 0 Å². The van der Waals surface area contributed by atoms with Crippen LogP contribution in [0.15, 0.2) is 107 Å². The normalized spacial score (nSPS) is 10.9. The van der Waals surface area contributed by atoms with E-state index < -0.39 is 0 Å². The zero-order valence-corrected chi connectivity index (χ0v) is 20.3. The summed E-state index contributed by atoms with van der Waals surface area (Å²) >= 11 is 0. The van der Waals surface area contributed by atoms with Crippen molar-refractivity contribution in [1.29, 1.82) is 0 Å². The minimum Gasteiger partial charge on any atom is -0.0620 e. The Hall–Kier alpha value is -2.07. The number of aryl methyl sites for hydroxylation is 2. The first-order chi connectivity index (χ1) is 15.3. The van der Waals surface area contributed by atoms with E-state index in [4.69, 9.17) is 0 Å². The second-order valence-electron chi connectivity index (χ2n) is 7.30. The van der Waals surface area contributed by atoms with Crippen LogP contribution < -0.4 is 0 Å². The molecule has 3 heteroatoms. The lowest BCUT2D eigenvalue weighted by Crippen LogP contribution is -1.86. The van der Waals surface area contributed by atoms with Crippen LogP contribution >= 0.6 is 31.4 Å². The van der Waals surface area contributed by atoms with Crippen molar-refractivity contribution in [2.45, 2.75) is 36.5 Å². The molecule has 0 N–H and O–H groups in total. The minimum atomic E-state index is 1.06. The number of rotatable bonds is 8. The molecular formula is C28H26S3. The molecule has 0 atom stereocenters. The lowest BCUT2D eigenvalue weighted by Gasteiger charge is -2.09. The summed E-state index contributed by atoms with van der Waals surface area (Å²) in [6, 6.07) is 35.2. The molecule has 4 aromatic carbocycles. The van der Waals surface area contributed by atoms with Gasteiger partial charge >= 0.3 is 0 Å². The first-order valence-corrected chi connectivity index (χ1v) is 14.1. The van der Waals surface area contributed by atoms with Crippen molar-refractivity contribution in [1.82, 2.24) is 0 Å². The van der Waals surface area contributed by atoms with Crippen LogP contribution in [-0.4, -0.2) is 0 Å². The number of hydrogen-bond acceptors (Lipinski definition) is 3. The van der Waals surface area contributed by atoms with E-state index in [-0.39, 0.29) is 0 Å². The third kappa shape index (κ3) is 5.60. The smallest absolute Gasteiger partial charge is 0.0191 e. The van der Waals surface area contributed by atoms with Crippen LogP contribution in [0.1, 0.15) is 25.0 Å². The standard InChI is InChI=1S/C28H26S3/c1-3-21-9-5-7-11-27(21)23-13-17-25(18-14-23)29-31-30-26-19-15-24(16-20-26)28-12-8-6-10-22(28)4-2/h5-20H,3-4H2,1-2H3. The largest absolute Gasteiger partial charge is 0.0620 e. The molecule has 156 valence electrons. The van der Waals surface area contributed by atoms with Crippen molar-refractivity contribution in [3.63, 3.8) is 0 Å². The van der Waals surface area contributed by atoms with Crippen LogP contribution in [0.25, 0.3) is 22.3 Å². The van der Waals surface area contributed by atoms with Gasteiger partial charge in [0.05, 0.1) is 0 Å². The van der Waals surface area contributed by atoms with Gasteiger partial charge in [0, 0.05) is 9.79 Å². The first-order valence-electron chi connectivity index (χ1n) is 10.7. The molecule has 4 aromatic rings. The molecule has 31 heavy (non-hydrogen) atoms. The highest BCUT2D eigenvalue weighted by Crippen LogP contribution is 2.45. The Labute approximate surface area is 197 Å². The van der Waals surface area contributed by atoms with Gasteiger partial charge in [-0.05, 0) is 102 Å². The van der Waals surface area contributed by atoms with Crippen molar-refractivity contribution < 1.29 is 0 Å². The van der Waals surface area contributed by atoms with Crippen LogP contribution in [0.3, 0.4) is 0 Å². The Morgan fingerprint density at radius 1 is 0.484 bits per heavy atom. The van der Waals surface area contributed by atoms with Crippen LogP contribution in [-0.2, 0) is 12.8 Å². The molecule has 4 rings (SSSR count). The van der Waals surface area contributed by atoms with Gasteiger partial charge in [-0.3, -0.25) is 0 Å². The molecule has 0 aliphatic carbocycles. The lowest BCUT2D eigenvalue weighted by atomic mass is 9.98. The van der Waals surface area contributed by atoms with Crippen molar-refractivity contribution >= 4 is 31.4 Å². The van der Waals surface area contributed by atoms with E-state index in [0.29, 0.717) is 0 Å². The fraction of sp³-hybridized carbons (Fsp3) is 0.143. The predicted octanol–water partition coefficient (Wildman–Crippen LogP) is 9.59. The summed E-state index contributed by atoms with van der Waals surface area (Å²) in [5.41, 5.74) is 8.07. The SMILES string of the molecule is CCc1ccccc1-c1ccc(SSSc2ccc(-c3ccccc3CC)cc2)cc1. The zero-order valence-electron chi connectivity index (χ0n) is 17.9. The molecule has 0 saturated carbocycles. The van der Waals surface area contributed by atoms with E-state index in [2.05, 4.69) is 111 Å². The molecule has 0 aliphatic heterocycles. The van der Waals surface area contributed by atoms with Gasteiger partial charge in [0.15, 0.2) is 0 Å². The van der Waals surface area contributed by atoms with E-state index in [9.17, 15) is 0 Å². The highest BCUT2D eigenvalue weighted by Gasteiger charge is 2.06. The Kier molecular flexibility index (Phi) is 7.85. The summed E-state index contributed by atoms with van der Waals surface area (Å²) in [7, 11) is 5.44. The van der Waals surface area contributed by atoms with Crippen LogP contribution in [0.5, 0.6) is 0 Å². The Morgan fingerprint density at radius 2 is 0.871 bits per heavy atom. The van der Waals surface area contributed by atoms with E-state index >= 15 is 0 Å². The average molecular weight is 459 g/mol.